The van der Waals surface area contributed by atoms with Gasteiger partial charge in [0.25, 0.3) is 0 Å². The molecule has 1 saturated carbocycles. The molecule has 0 saturated heterocycles. The largest absolute Gasteiger partial charge is 0.352 e. The van der Waals surface area contributed by atoms with E-state index in [1.807, 2.05) is 49.4 Å². The van der Waals surface area contributed by atoms with E-state index < -0.39 is 6.04 Å². The van der Waals surface area contributed by atoms with Gasteiger partial charge in [-0.1, -0.05) is 62.1 Å². The smallest absolute Gasteiger partial charge is 0.243 e. The lowest BCUT2D eigenvalue weighted by atomic mass is 9.95. The molecule has 3 rings (SSSR count). The van der Waals surface area contributed by atoms with E-state index in [9.17, 15) is 9.59 Å². The van der Waals surface area contributed by atoms with Crippen LogP contribution in [0.3, 0.4) is 0 Å². The van der Waals surface area contributed by atoms with Crippen LogP contribution in [0.1, 0.15) is 63.0 Å². The van der Waals surface area contributed by atoms with Crippen LogP contribution in [0.4, 0.5) is 0 Å². The fourth-order valence-corrected chi connectivity index (χ4v) is 5.33. The van der Waals surface area contributed by atoms with Crippen molar-refractivity contribution < 1.29 is 9.59 Å². The van der Waals surface area contributed by atoms with E-state index in [4.69, 9.17) is 11.6 Å². The summed E-state index contributed by atoms with van der Waals surface area (Å²) in [5, 5.41) is 3.95. The number of benzene rings is 2. The number of hydrogen-bond acceptors (Lipinski definition) is 3. The Morgan fingerprint density at radius 3 is 2.45 bits per heavy atom. The van der Waals surface area contributed by atoms with E-state index in [-0.39, 0.29) is 17.9 Å². The number of carbonyl (C=O) groups excluding carboxylic acids is 2. The van der Waals surface area contributed by atoms with Crippen LogP contribution in [0.25, 0.3) is 0 Å². The quantitative estimate of drug-likeness (QED) is 0.396. The fraction of sp³-hybridized carbons (Fsp3) is 0.481. The van der Waals surface area contributed by atoms with E-state index in [1.54, 1.807) is 16.7 Å². The molecule has 2 amide bonds. The summed E-state index contributed by atoms with van der Waals surface area (Å²) in [6, 6.07) is 15.5. The molecule has 1 atom stereocenters. The van der Waals surface area contributed by atoms with E-state index in [2.05, 4.69) is 18.3 Å². The maximum absolute atomic E-state index is 13.4. The zero-order chi connectivity index (χ0) is 23.6. The van der Waals surface area contributed by atoms with Gasteiger partial charge in [0.05, 0.1) is 0 Å². The minimum Gasteiger partial charge on any atom is -0.352 e. The van der Waals surface area contributed by atoms with Crippen LogP contribution in [-0.2, 0) is 16.1 Å². The molecule has 1 aliphatic carbocycles. The van der Waals surface area contributed by atoms with Gasteiger partial charge in [-0.05, 0) is 61.6 Å². The maximum Gasteiger partial charge on any atom is 0.243 e. The van der Waals surface area contributed by atoms with Crippen molar-refractivity contribution in [2.45, 2.75) is 82.3 Å². The highest BCUT2D eigenvalue weighted by molar-refractivity contribution is 7.99. The van der Waals surface area contributed by atoms with Crippen molar-refractivity contribution in [3.8, 4) is 0 Å². The van der Waals surface area contributed by atoms with Crippen molar-refractivity contribution in [1.29, 1.82) is 0 Å². The third-order valence-corrected chi connectivity index (χ3v) is 7.60. The number of hydrogen-bond donors (Lipinski definition) is 1. The van der Waals surface area contributed by atoms with Gasteiger partial charge in [0.1, 0.15) is 6.04 Å². The molecule has 1 fully saturated rings. The second-order valence-corrected chi connectivity index (χ2v) is 10.4. The fourth-order valence-electron chi connectivity index (χ4n) is 4.37. The minimum absolute atomic E-state index is 0.0170. The lowest BCUT2D eigenvalue weighted by Gasteiger charge is -2.33. The maximum atomic E-state index is 13.4. The molecule has 0 aliphatic heterocycles. The topological polar surface area (TPSA) is 49.4 Å². The number of carbonyl (C=O) groups is 2. The molecule has 2 aromatic carbocycles. The normalized spacial score (nSPS) is 15.1. The number of aryl methyl sites for hydroxylation is 1. The third-order valence-electron chi connectivity index (χ3n) is 6.34. The molecule has 0 aromatic heterocycles. The van der Waals surface area contributed by atoms with Crippen molar-refractivity contribution in [1.82, 2.24) is 10.2 Å². The highest BCUT2D eigenvalue weighted by Crippen LogP contribution is 2.23. The Labute approximate surface area is 207 Å². The Balaban J connectivity index is 1.70. The molecule has 1 unspecified atom stereocenters. The van der Waals surface area contributed by atoms with E-state index >= 15 is 0 Å². The van der Waals surface area contributed by atoms with Gasteiger partial charge in [-0.15, -0.1) is 11.8 Å². The van der Waals surface area contributed by atoms with Crippen molar-refractivity contribution in [2.24, 2.45) is 0 Å². The first-order chi connectivity index (χ1) is 16.0. The van der Waals surface area contributed by atoms with E-state index in [0.717, 1.165) is 41.7 Å². The summed E-state index contributed by atoms with van der Waals surface area (Å²) in [6.07, 6.45) is 6.61. The standard InChI is InChI=1S/C27H35ClN2O2S/c1-3-25(27(32)29-23-11-5-4-6-12-23)30(19-21-10-8-7-9-20(21)2)26(31)17-18-33-24-15-13-22(28)14-16-24/h7-10,13-16,23,25H,3-6,11-12,17-19H2,1-2H3,(H,29,32). The van der Waals surface area contributed by atoms with Gasteiger partial charge >= 0.3 is 0 Å². The Morgan fingerprint density at radius 2 is 1.79 bits per heavy atom. The van der Waals surface area contributed by atoms with Crippen molar-refractivity contribution in [2.75, 3.05) is 5.75 Å². The molecule has 0 heterocycles. The summed E-state index contributed by atoms with van der Waals surface area (Å²) in [5.41, 5.74) is 2.22. The number of thioether (sulfide) groups is 1. The van der Waals surface area contributed by atoms with Crippen LogP contribution in [0.15, 0.2) is 53.4 Å². The van der Waals surface area contributed by atoms with E-state index in [1.165, 1.54) is 6.42 Å². The van der Waals surface area contributed by atoms with Crippen molar-refractivity contribution in [3.63, 3.8) is 0 Å². The van der Waals surface area contributed by atoms with Gasteiger partial charge < -0.3 is 10.2 Å². The first-order valence-electron chi connectivity index (χ1n) is 12.0. The Bertz CT molecular complexity index is 913. The first kappa shape index (κ1) is 25.6. The van der Waals surface area contributed by atoms with Gasteiger partial charge in [-0.3, -0.25) is 9.59 Å². The lowest BCUT2D eigenvalue weighted by molar-refractivity contribution is -0.141. The lowest BCUT2D eigenvalue weighted by Crippen LogP contribution is -2.51. The van der Waals surface area contributed by atoms with Crippen LogP contribution in [-0.4, -0.2) is 34.6 Å². The number of rotatable bonds is 10. The molecule has 1 N–H and O–H groups in total. The Hall–Kier alpha value is -1.98. The van der Waals surface area contributed by atoms with Crippen LogP contribution in [0, 0.1) is 6.92 Å². The van der Waals surface area contributed by atoms with Crippen molar-refractivity contribution in [3.05, 3.63) is 64.7 Å². The summed E-state index contributed by atoms with van der Waals surface area (Å²) in [7, 11) is 0. The highest BCUT2D eigenvalue weighted by atomic mass is 35.5. The predicted molar refractivity (Wildman–Crippen MR) is 138 cm³/mol. The molecule has 4 nitrogen and oxygen atoms in total. The predicted octanol–water partition coefficient (Wildman–Crippen LogP) is 6.39. The summed E-state index contributed by atoms with van der Waals surface area (Å²) in [5.74, 6) is 0.660. The van der Waals surface area contributed by atoms with Gasteiger partial charge in [0, 0.05) is 34.7 Å². The van der Waals surface area contributed by atoms with Crippen LogP contribution in [0.2, 0.25) is 5.02 Å². The molecule has 0 bridgehead atoms. The molecule has 0 spiro atoms. The Kier molecular flexibility index (Phi) is 10.1. The van der Waals surface area contributed by atoms with Gasteiger partial charge in [-0.25, -0.2) is 0 Å². The SMILES string of the molecule is CCC(C(=O)NC1CCCCC1)N(Cc1ccccc1C)C(=O)CCSc1ccc(Cl)cc1. The zero-order valence-electron chi connectivity index (χ0n) is 19.7. The molecule has 2 aromatic rings. The van der Waals surface area contributed by atoms with Crippen molar-refractivity contribution >= 4 is 35.2 Å². The summed E-state index contributed by atoms with van der Waals surface area (Å²) in [4.78, 5) is 29.6. The highest BCUT2D eigenvalue weighted by Gasteiger charge is 2.30. The molecule has 33 heavy (non-hydrogen) atoms. The average Bonchev–Trinajstić information content (AvgIpc) is 2.82. The number of halogens is 1. The molecule has 6 heteroatoms. The van der Waals surface area contributed by atoms with Crippen LogP contribution < -0.4 is 5.32 Å². The summed E-state index contributed by atoms with van der Waals surface area (Å²) >= 11 is 7.60. The molecule has 0 radical (unpaired) electrons. The van der Waals surface area contributed by atoms with Crippen LogP contribution >= 0.6 is 23.4 Å². The summed E-state index contributed by atoms with van der Waals surface area (Å²) in [6.45, 7) is 4.50. The third kappa shape index (κ3) is 7.79. The molecule has 1 aliphatic rings. The first-order valence-corrected chi connectivity index (χ1v) is 13.4. The number of nitrogens with zero attached hydrogens (tertiary/aromatic N) is 1. The van der Waals surface area contributed by atoms with Gasteiger partial charge in [0.2, 0.25) is 11.8 Å². The number of nitrogens with one attached hydrogen (secondary N) is 1. The number of amides is 2. The van der Waals surface area contributed by atoms with E-state index in [0.29, 0.717) is 30.2 Å². The van der Waals surface area contributed by atoms with Crippen LogP contribution in [0.5, 0.6) is 0 Å². The molecular weight excluding hydrogens is 452 g/mol. The minimum atomic E-state index is -0.459. The Morgan fingerprint density at radius 1 is 1.09 bits per heavy atom. The van der Waals surface area contributed by atoms with Gasteiger partial charge in [-0.2, -0.15) is 0 Å². The van der Waals surface area contributed by atoms with Gasteiger partial charge in [0.15, 0.2) is 0 Å². The average molecular weight is 487 g/mol. The molecular formula is C27H35ClN2O2S. The molecule has 178 valence electrons. The zero-order valence-corrected chi connectivity index (χ0v) is 21.3. The monoisotopic (exact) mass is 486 g/mol. The second kappa shape index (κ2) is 13.0. The summed E-state index contributed by atoms with van der Waals surface area (Å²) < 4.78 is 0. The second-order valence-electron chi connectivity index (χ2n) is 8.77.